The van der Waals surface area contributed by atoms with E-state index in [2.05, 4.69) is 5.32 Å². The molecular formula is C31H32F2N2O6. The Labute approximate surface area is 236 Å². The molecule has 0 spiro atoms. The van der Waals surface area contributed by atoms with Crippen molar-refractivity contribution < 1.29 is 37.7 Å². The summed E-state index contributed by atoms with van der Waals surface area (Å²) in [5.41, 5.74) is 1.36. The smallest absolute Gasteiger partial charge is 0.326 e. The molecule has 0 aliphatic carbocycles. The van der Waals surface area contributed by atoms with Crippen LogP contribution in [-0.2, 0) is 14.4 Å². The van der Waals surface area contributed by atoms with Crippen molar-refractivity contribution in [2.24, 2.45) is 11.8 Å². The first-order valence-corrected chi connectivity index (χ1v) is 13.3. The Morgan fingerprint density at radius 1 is 0.902 bits per heavy atom. The molecular weight excluding hydrogens is 534 g/mol. The lowest BCUT2D eigenvalue weighted by molar-refractivity contribution is -0.142. The third kappa shape index (κ3) is 7.59. The highest BCUT2D eigenvalue weighted by Gasteiger charge is 2.48. The van der Waals surface area contributed by atoms with Gasteiger partial charge in [0, 0.05) is 5.69 Å². The number of carboxylic acids is 1. The van der Waals surface area contributed by atoms with E-state index in [1.54, 1.807) is 41.3 Å². The normalized spacial score (nSPS) is 17.1. The van der Waals surface area contributed by atoms with Crippen LogP contribution in [0, 0.1) is 23.5 Å². The Morgan fingerprint density at radius 3 is 2.05 bits per heavy atom. The number of nitrogens with zero attached hydrogens (tertiary/aromatic N) is 1. The first kappa shape index (κ1) is 29.5. The van der Waals surface area contributed by atoms with Crippen LogP contribution in [0.25, 0.3) is 0 Å². The minimum absolute atomic E-state index is 0.0935. The number of carbonyl (C=O) groups is 3. The van der Waals surface area contributed by atoms with Gasteiger partial charge in [0.2, 0.25) is 5.91 Å². The minimum atomic E-state index is -1.10. The summed E-state index contributed by atoms with van der Waals surface area (Å²) in [6, 6.07) is 16.9. The van der Waals surface area contributed by atoms with Crippen LogP contribution < -0.4 is 19.7 Å². The van der Waals surface area contributed by atoms with Crippen LogP contribution in [0.4, 0.5) is 14.5 Å². The standard InChI is InChI=1S/C31H32F2N2O6/c1-19(2)17-27(31(38)39)34-28(36)18-41-25-11-3-20(4-12-25)29-26(15-16-40-24-13-7-22(33)8-14-24)30(37)35(29)23-9-5-21(32)6-10-23/h3-14,19,26-27,29H,15-18H2,1-2H3,(H,34,36)(H,38,39)/t26?,27-,29?/m1/s1. The number of nitrogens with one attached hydrogen (secondary N) is 1. The van der Waals surface area contributed by atoms with E-state index >= 15 is 0 Å². The lowest BCUT2D eigenvalue weighted by Gasteiger charge is -2.47. The maximum Gasteiger partial charge on any atom is 0.326 e. The molecule has 2 unspecified atom stereocenters. The third-order valence-corrected chi connectivity index (χ3v) is 6.76. The summed E-state index contributed by atoms with van der Waals surface area (Å²) >= 11 is 0. The van der Waals surface area contributed by atoms with Gasteiger partial charge < -0.3 is 24.8 Å². The number of halogens is 2. The highest BCUT2D eigenvalue weighted by molar-refractivity contribution is 6.03. The number of rotatable bonds is 13. The van der Waals surface area contributed by atoms with E-state index < -0.39 is 29.7 Å². The maximum absolute atomic E-state index is 13.5. The lowest BCUT2D eigenvalue weighted by Crippen LogP contribution is -2.55. The molecule has 8 nitrogen and oxygen atoms in total. The van der Waals surface area contributed by atoms with Crippen LogP contribution in [0.2, 0.25) is 0 Å². The van der Waals surface area contributed by atoms with E-state index in [9.17, 15) is 28.3 Å². The largest absolute Gasteiger partial charge is 0.494 e. The van der Waals surface area contributed by atoms with Crippen LogP contribution >= 0.6 is 0 Å². The Hall–Kier alpha value is -4.47. The van der Waals surface area contributed by atoms with Crippen molar-refractivity contribution in [2.45, 2.75) is 38.8 Å². The zero-order valence-electron chi connectivity index (χ0n) is 22.8. The fourth-order valence-electron chi connectivity index (χ4n) is 4.77. The number of amides is 2. The second-order valence-corrected chi connectivity index (χ2v) is 10.3. The van der Waals surface area contributed by atoms with Gasteiger partial charge >= 0.3 is 5.97 Å². The number of carbonyl (C=O) groups excluding carboxylic acids is 2. The van der Waals surface area contributed by atoms with Crippen LogP contribution in [0.3, 0.4) is 0 Å². The van der Waals surface area contributed by atoms with E-state index in [0.717, 1.165) is 5.56 Å². The molecule has 1 saturated heterocycles. The second-order valence-electron chi connectivity index (χ2n) is 10.3. The number of aliphatic carboxylic acids is 1. The SMILES string of the molecule is CC(C)C[C@@H](NC(=O)COc1ccc(C2C(CCOc3ccc(F)cc3)C(=O)N2c2ccc(F)cc2)cc1)C(=O)O. The topological polar surface area (TPSA) is 105 Å². The van der Waals surface area contributed by atoms with Crippen LogP contribution in [0.1, 0.15) is 38.3 Å². The maximum atomic E-state index is 13.5. The number of hydrogen-bond acceptors (Lipinski definition) is 5. The first-order valence-electron chi connectivity index (χ1n) is 13.3. The zero-order chi connectivity index (χ0) is 29.5. The van der Waals surface area contributed by atoms with E-state index in [4.69, 9.17) is 9.47 Å². The molecule has 0 radical (unpaired) electrons. The van der Waals surface area contributed by atoms with Crippen LogP contribution in [0.5, 0.6) is 11.5 Å². The number of ether oxygens (including phenoxy) is 2. The van der Waals surface area contributed by atoms with E-state index in [0.29, 0.717) is 30.0 Å². The molecule has 3 aromatic carbocycles. The summed E-state index contributed by atoms with van der Waals surface area (Å²) < 4.78 is 38.0. The average molecular weight is 567 g/mol. The summed E-state index contributed by atoms with van der Waals surface area (Å²) in [6.45, 7) is 3.63. The van der Waals surface area contributed by atoms with Gasteiger partial charge in [-0.25, -0.2) is 13.6 Å². The van der Waals surface area contributed by atoms with Crippen LogP contribution in [-0.4, -0.2) is 42.1 Å². The number of anilines is 1. The Morgan fingerprint density at radius 2 is 1.46 bits per heavy atom. The van der Waals surface area contributed by atoms with Crippen LogP contribution in [0.15, 0.2) is 72.8 Å². The third-order valence-electron chi connectivity index (χ3n) is 6.76. The van der Waals surface area contributed by atoms with Crippen molar-refractivity contribution in [3.8, 4) is 11.5 Å². The van der Waals surface area contributed by atoms with E-state index in [-0.39, 0.29) is 36.9 Å². The molecule has 0 bridgehead atoms. The highest BCUT2D eigenvalue weighted by atomic mass is 19.1. The van der Waals surface area contributed by atoms with Gasteiger partial charge in [0.05, 0.1) is 18.6 Å². The monoisotopic (exact) mass is 566 g/mol. The molecule has 2 amide bonds. The van der Waals surface area contributed by atoms with Crippen molar-refractivity contribution >= 4 is 23.5 Å². The van der Waals surface area contributed by atoms with E-state index in [1.165, 1.54) is 36.4 Å². The Balaban J connectivity index is 1.42. The summed E-state index contributed by atoms with van der Waals surface area (Å²) in [4.78, 5) is 38.5. The molecule has 0 saturated carbocycles. The average Bonchev–Trinajstić information content (AvgIpc) is 2.94. The number of carboxylic acid groups (broad SMARTS) is 1. The summed E-state index contributed by atoms with van der Waals surface area (Å²) in [6.07, 6.45) is 0.703. The predicted octanol–water partition coefficient (Wildman–Crippen LogP) is 5.13. The molecule has 4 rings (SSSR count). The Bertz CT molecular complexity index is 1350. The molecule has 1 heterocycles. The lowest BCUT2D eigenvalue weighted by atomic mass is 9.80. The molecule has 0 aromatic heterocycles. The zero-order valence-corrected chi connectivity index (χ0v) is 22.8. The van der Waals surface area contributed by atoms with Gasteiger partial charge in [0.15, 0.2) is 6.61 Å². The molecule has 216 valence electrons. The second kappa shape index (κ2) is 13.3. The van der Waals surface area contributed by atoms with Crippen molar-refractivity contribution in [1.29, 1.82) is 0 Å². The molecule has 3 aromatic rings. The number of β-lactam (4-membered cyclic amide) rings is 1. The summed E-state index contributed by atoms with van der Waals surface area (Å²) in [5, 5.41) is 11.8. The van der Waals surface area contributed by atoms with Crippen molar-refractivity contribution in [2.75, 3.05) is 18.1 Å². The van der Waals surface area contributed by atoms with Gasteiger partial charge in [0.25, 0.3) is 5.91 Å². The quantitative estimate of drug-likeness (QED) is 0.278. The summed E-state index contributed by atoms with van der Waals surface area (Å²) in [5.74, 6) is -1.98. The minimum Gasteiger partial charge on any atom is -0.494 e. The van der Waals surface area contributed by atoms with E-state index in [1.807, 2.05) is 13.8 Å². The predicted molar refractivity (Wildman–Crippen MR) is 148 cm³/mol. The van der Waals surface area contributed by atoms with Gasteiger partial charge in [-0.15, -0.1) is 0 Å². The van der Waals surface area contributed by atoms with Gasteiger partial charge in [-0.3, -0.25) is 9.59 Å². The van der Waals surface area contributed by atoms with Gasteiger partial charge in [0.1, 0.15) is 29.2 Å². The molecule has 3 atom stereocenters. The van der Waals surface area contributed by atoms with Gasteiger partial charge in [-0.1, -0.05) is 26.0 Å². The molecule has 1 fully saturated rings. The Kier molecular flexibility index (Phi) is 9.54. The van der Waals surface area contributed by atoms with Crippen molar-refractivity contribution in [3.05, 3.63) is 90.0 Å². The molecule has 1 aliphatic rings. The fourth-order valence-corrected chi connectivity index (χ4v) is 4.77. The summed E-state index contributed by atoms with van der Waals surface area (Å²) in [7, 11) is 0. The first-order chi connectivity index (χ1) is 19.6. The van der Waals surface area contributed by atoms with Crippen molar-refractivity contribution in [1.82, 2.24) is 5.32 Å². The van der Waals surface area contributed by atoms with Gasteiger partial charge in [-0.2, -0.15) is 0 Å². The molecule has 1 aliphatic heterocycles. The van der Waals surface area contributed by atoms with Crippen molar-refractivity contribution in [3.63, 3.8) is 0 Å². The fraction of sp³-hybridized carbons (Fsp3) is 0.323. The molecule has 10 heteroatoms. The molecule has 41 heavy (non-hydrogen) atoms. The highest BCUT2D eigenvalue weighted by Crippen LogP contribution is 2.45. The molecule has 2 N–H and O–H groups in total. The van der Waals surface area contributed by atoms with Gasteiger partial charge in [-0.05, 0) is 85.0 Å². The number of benzene rings is 3. The number of hydrogen-bond donors (Lipinski definition) is 2.